The van der Waals surface area contributed by atoms with Crippen LogP contribution < -0.4 is 5.32 Å². The first-order valence-electron chi connectivity index (χ1n) is 7.95. The minimum Gasteiger partial charge on any atom is -0.480 e. The van der Waals surface area contributed by atoms with Crippen molar-refractivity contribution in [2.75, 3.05) is 19.8 Å². The van der Waals surface area contributed by atoms with Gasteiger partial charge in [-0.25, -0.2) is 4.79 Å². The van der Waals surface area contributed by atoms with Crippen molar-refractivity contribution in [1.29, 1.82) is 0 Å². The third-order valence-corrected chi connectivity index (χ3v) is 4.47. The van der Waals surface area contributed by atoms with Gasteiger partial charge in [0.1, 0.15) is 6.61 Å². The molecule has 25 heavy (non-hydrogen) atoms. The number of rotatable bonds is 5. The Labute approximate surface area is 149 Å². The molecule has 2 aromatic carbocycles. The van der Waals surface area contributed by atoms with Crippen LogP contribution in [0.3, 0.4) is 0 Å². The number of nitrogens with one attached hydrogen (secondary N) is 1. The highest BCUT2D eigenvalue weighted by Gasteiger charge is 2.29. The summed E-state index contributed by atoms with van der Waals surface area (Å²) in [6, 6.07) is 10.4. The van der Waals surface area contributed by atoms with E-state index in [1.54, 1.807) is 24.3 Å². The molecule has 0 bridgehead atoms. The molecule has 1 heterocycles. The van der Waals surface area contributed by atoms with E-state index in [4.69, 9.17) is 26.2 Å². The number of fused-ring (bicyclic) bond motifs is 1. The van der Waals surface area contributed by atoms with E-state index in [0.29, 0.717) is 23.6 Å². The number of carboxylic acid groups (broad SMARTS) is 1. The maximum atomic E-state index is 12.7. The van der Waals surface area contributed by atoms with Crippen LogP contribution in [-0.4, -0.2) is 48.9 Å². The lowest BCUT2D eigenvalue weighted by atomic mass is 10.0. The number of carbonyl (C=O) groups excluding carboxylic acids is 1. The molecule has 0 unspecified atom stereocenters. The predicted octanol–water partition coefficient (Wildman–Crippen LogP) is 2.48. The first-order chi connectivity index (χ1) is 12.1. The van der Waals surface area contributed by atoms with E-state index in [2.05, 4.69) is 5.32 Å². The summed E-state index contributed by atoms with van der Waals surface area (Å²) < 4.78 is 10.8. The molecule has 0 spiro atoms. The summed E-state index contributed by atoms with van der Waals surface area (Å²) in [6.07, 6.45) is 0.131. The molecule has 3 rings (SSSR count). The van der Waals surface area contributed by atoms with E-state index in [9.17, 15) is 9.59 Å². The summed E-state index contributed by atoms with van der Waals surface area (Å²) in [7, 11) is 0. The van der Waals surface area contributed by atoms with Crippen molar-refractivity contribution < 1.29 is 24.2 Å². The van der Waals surface area contributed by atoms with Crippen LogP contribution in [0.2, 0.25) is 5.02 Å². The van der Waals surface area contributed by atoms with Gasteiger partial charge in [0.05, 0.1) is 18.8 Å². The number of carbonyl (C=O) groups is 2. The fourth-order valence-corrected chi connectivity index (χ4v) is 3.18. The predicted molar refractivity (Wildman–Crippen MR) is 93.0 cm³/mol. The zero-order valence-corrected chi connectivity index (χ0v) is 14.2. The van der Waals surface area contributed by atoms with Gasteiger partial charge in [-0.3, -0.25) is 4.79 Å². The fraction of sp³-hybridized carbons (Fsp3) is 0.333. The van der Waals surface area contributed by atoms with E-state index >= 15 is 0 Å². The number of aliphatic carboxylic acids is 1. The van der Waals surface area contributed by atoms with Gasteiger partial charge in [-0.1, -0.05) is 35.9 Å². The third-order valence-electron chi connectivity index (χ3n) is 4.14. The minimum atomic E-state index is -1.04. The van der Waals surface area contributed by atoms with Gasteiger partial charge in [-0.05, 0) is 23.9 Å². The lowest BCUT2D eigenvalue weighted by Crippen LogP contribution is -2.51. The van der Waals surface area contributed by atoms with Crippen LogP contribution in [0.4, 0.5) is 0 Å². The molecule has 2 aromatic rings. The van der Waals surface area contributed by atoms with E-state index in [1.165, 1.54) is 0 Å². The van der Waals surface area contributed by atoms with Crippen molar-refractivity contribution in [3.63, 3.8) is 0 Å². The molecular weight excluding hydrogens is 346 g/mol. The zero-order chi connectivity index (χ0) is 17.8. The highest BCUT2D eigenvalue weighted by molar-refractivity contribution is 6.36. The monoisotopic (exact) mass is 363 g/mol. The number of halogens is 1. The summed E-state index contributed by atoms with van der Waals surface area (Å²) in [5.41, 5.74) is 0.502. The quantitative estimate of drug-likeness (QED) is 0.852. The van der Waals surface area contributed by atoms with E-state index in [1.807, 2.05) is 12.1 Å². The first kappa shape index (κ1) is 17.7. The fourth-order valence-electron chi connectivity index (χ4n) is 2.95. The van der Waals surface area contributed by atoms with Crippen LogP contribution in [0.25, 0.3) is 10.8 Å². The number of hydrogen-bond donors (Lipinski definition) is 2. The molecule has 2 atom stereocenters. The number of benzene rings is 2. The Morgan fingerprint density at radius 3 is 2.80 bits per heavy atom. The Bertz CT molecular complexity index is 794. The van der Waals surface area contributed by atoms with Crippen LogP contribution in [0.5, 0.6) is 0 Å². The van der Waals surface area contributed by atoms with Crippen LogP contribution in [0, 0.1) is 0 Å². The number of amides is 1. The SMILES string of the molecule is O=C(O)CO[C@@H]1CCOC[C@@H]1NC(=O)c1cccc2c(Cl)cccc12. The molecule has 1 saturated heterocycles. The molecule has 132 valence electrons. The van der Waals surface area contributed by atoms with Gasteiger partial charge in [-0.2, -0.15) is 0 Å². The molecule has 6 nitrogen and oxygen atoms in total. The molecule has 1 aliphatic rings. The van der Waals surface area contributed by atoms with Crippen molar-refractivity contribution >= 4 is 34.2 Å². The third kappa shape index (κ3) is 4.10. The summed E-state index contributed by atoms with van der Waals surface area (Å²) in [4.78, 5) is 23.5. The van der Waals surface area contributed by atoms with Gasteiger partial charge < -0.3 is 19.9 Å². The van der Waals surface area contributed by atoms with Crippen molar-refractivity contribution in [3.05, 3.63) is 47.0 Å². The van der Waals surface area contributed by atoms with Crippen molar-refractivity contribution in [2.24, 2.45) is 0 Å². The minimum absolute atomic E-state index is 0.271. The van der Waals surface area contributed by atoms with E-state index in [-0.39, 0.29) is 12.5 Å². The zero-order valence-electron chi connectivity index (χ0n) is 13.4. The highest BCUT2D eigenvalue weighted by atomic mass is 35.5. The lowest BCUT2D eigenvalue weighted by Gasteiger charge is -2.31. The average Bonchev–Trinajstić information content (AvgIpc) is 2.61. The van der Waals surface area contributed by atoms with Gasteiger partial charge in [0.15, 0.2) is 0 Å². The van der Waals surface area contributed by atoms with E-state index < -0.39 is 24.7 Å². The Kier molecular flexibility index (Phi) is 5.53. The topological polar surface area (TPSA) is 84.9 Å². The van der Waals surface area contributed by atoms with Gasteiger partial charge >= 0.3 is 5.97 Å². The van der Waals surface area contributed by atoms with Crippen LogP contribution in [0.15, 0.2) is 36.4 Å². The smallest absolute Gasteiger partial charge is 0.329 e. The van der Waals surface area contributed by atoms with Gasteiger partial charge in [0.25, 0.3) is 5.91 Å². The Balaban J connectivity index is 1.79. The van der Waals surface area contributed by atoms with Gasteiger partial charge in [0.2, 0.25) is 0 Å². The van der Waals surface area contributed by atoms with Gasteiger partial charge in [0, 0.05) is 22.6 Å². The molecule has 1 aliphatic heterocycles. The molecule has 0 aliphatic carbocycles. The summed E-state index contributed by atoms with van der Waals surface area (Å²) in [5, 5.41) is 13.8. The molecule has 0 radical (unpaired) electrons. The number of hydrogen-bond acceptors (Lipinski definition) is 4. The van der Waals surface area contributed by atoms with Gasteiger partial charge in [-0.15, -0.1) is 0 Å². The summed E-state index contributed by atoms with van der Waals surface area (Å²) in [6.45, 7) is 0.350. The summed E-state index contributed by atoms with van der Waals surface area (Å²) in [5.74, 6) is -1.31. The highest BCUT2D eigenvalue weighted by Crippen LogP contribution is 2.26. The average molecular weight is 364 g/mol. The Hall–Kier alpha value is -2.15. The Morgan fingerprint density at radius 1 is 1.24 bits per heavy atom. The Morgan fingerprint density at radius 2 is 2.00 bits per heavy atom. The van der Waals surface area contributed by atoms with Crippen molar-refractivity contribution in [3.8, 4) is 0 Å². The summed E-state index contributed by atoms with van der Waals surface area (Å²) >= 11 is 6.19. The van der Waals surface area contributed by atoms with E-state index in [0.717, 1.165) is 10.8 Å². The molecule has 0 aromatic heterocycles. The second-order valence-corrected chi connectivity index (χ2v) is 6.23. The molecule has 2 N–H and O–H groups in total. The number of ether oxygens (including phenoxy) is 2. The molecular formula is C18H18ClNO5. The standard InChI is InChI=1S/C18H18ClNO5/c19-14-6-2-3-11-12(14)4-1-5-13(11)18(23)20-15-9-24-8-7-16(15)25-10-17(21)22/h1-6,15-16H,7-10H2,(H,20,23)(H,21,22)/t15-,16+/m0/s1. The van der Waals surface area contributed by atoms with Crippen molar-refractivity contribution in [1.82, 2.24) is 5.32 Å². The maximum Gasteiger partial charge on any atom is 0.329 e. The number of carboxylic acids is 1. The maximum absolute atomic E-state index is 12.7. The first-order valence-corrected chi connectivity index (χ1v) is 8.33. The second kappa shape index (κ2) is 7.82. The molecule has 1 amide bonds. The molecule has 7 heteroatoms. The van der Waals surface area contributed by atoms with Crippen LogP contribution in [-0.2, 0) is 14.3 Å². The largest absolute Gasteiger partial charge is 0.480 e. The van der Waals surface area contributed by atoms with Crippen molar-refractivity contribution in [2.45, 2.75) is 18.6 Å². The lowest BCUT2D eigenvalue weighted by molar-refractivity contribution is -0.147. The normalized spacial score (nSPS) is 20.4. The second-order valence-electron chi connectivity index (χ2n) is 5.83. The van der Waals surface area contributed by atoms with Crippen LogP contribution >= 0.6 is 11.6 Å². The molecule has 1 fully saturated rings. The van der Waals surface area contributed by atoms with Crippen LogP contribution in [0.1, 0.15) is 16.8 Å². The molecule has 0 saturated carbocycles.